The van der Waals surface area contributed by atoms with Crippen molar-refractivity contribution in [3.63, 3.8) is 0 Å². The second-order valence-corrected chi connectivity index (χ2v) is 22.4. The lowest BCUT2D eigenvalue weighted by atomic mass is 9.44. The molecule has 2 bridgehead atoms. The molecule has 12 heteroatoms. The molecular weight excluding hydrogens is 697 g/mol. The molecule has 3 fully saturated rings. The Balaban J connectivity index is 1.87. The predicted octanol–water partition coefficient (Wildman–Crippen LogP) is 6.10. The third kappa shape index (κ3) is 6.74. The molecule has 0 spiro atoms. The van der Waals surface area contributed by atoms with Gasteiger partial charge in [-0.05, 0) is 60.7 Å². The largest absolute Gasteiger partial charge is 0.455 e. The second kappa shape index (κ2) is 14.3. The molecule has 11 nitrogen and oxygen atoms in total. The van der Waals surface area contributed by atoms with Gasteiger partial charge in [-0.3, -0.25) is 14.4 Å². The van der Waals surface area contributed by atoms with Crippen LogP contribution in [0.5, 0.6) is 0 Å². The number of aliphatic hydroxyl groups excluding tert-OH is 1. The number of esters is 3. The Morgan fingerprint density at radius 3 is 2.11 bits per heavy atom. The number of rotatable bonds is 10. The van der Waals surface area contributed by atoms with E-state index in [1.54, 1.807) is 58.0 Å². The number of carbonyl (C=O) groups excluding carboxylic acids is 4. The zero-order chi connectivity index (χ0) is 39.5. The molecule has 4 aliphatic rings. The molecule has 2 saturated carbocycles. The van der Waals surface area contributed by atoms with Gasteiger partial charge in [0.2, 0.25) is 0 Å². The summed E-state index contributed by atoms with van der Waals surface area (Å²) in [6.45, 7) is 19.9. The molecule has 2 N–H and O–H groups in total. The first kappa shape index (κ1) is 41.3. The van der Waals surface area contributed by atoms with E-state index in [2.05, 4.69) is 20.8 Å². The van der Waals surface area contributed by atoms with E-state index in [9.17, 15) is 24.6 Å². The summed E-state index contributed by atoms with van der Waals surface area (Å²) < 4.78 is 32.5. The van der Waals surface area contributed by atoms with E-state index in [-0.39, 0.29) is 37.0 Å². The summed E-state index contributed by atoms with van der Waals surface area (Å²) in [7, 11) is -2.51. The summed E-state index contributed by atoms with van der Waals surface area (Å²) in [5.41, 5.74) is -6.36. The van der Waals surface area contributed by atoms with Gasteiger partial charge in [0.05, 0.1) is 42.1 Å². The average Bonchev–Trinajstić information content (AvgIpc) is 3.07. The Morgan fingerprint density at radius 1 is 1.00 bits per heavy atom. The molecule has 1 heterocycles. The van der Waals surface area contributed by atoms with Crippen LogP contribution in [0.25, 0.3) is 0 Å². The Labute approximate surface area is 315 Å². The van der Waals surface area contributed by atoms with Crippen molar-refractivity contribution >= 4 is 32.0 Å². The normalized spacial score (nSPS) is 35.2. The van der Waals surface area contributed by atoms with E-state index in [4.69, 9.17) is 23.4 Å². The minimum absolute atomic E-state index is 0.00142. The molecule has 5 rings (SSSR count). The van der Waals surface area contributed by atoms with Crippen LogP contribution in [-0.4, -0.2) is 90.6 Å². The molecule has 1 saturated heterocycles. The Morgan fingerprint density at radius 2 is 1.60 bits per heavy atom. The van der Waals surface area contributed by atoms with Crippen LogP contribution in [-0.2, 0) is 37.8 Å². The fourth-order valence-electron chi connectivity index (χ4n) is 9.80. The number of benzene rings is 1. The Bertz CT molecular complexity index is 1620. The zero-order valence-corrected chi connectivity index (χ0v) is 34.4. The maximum Gasteiger partial charge on any atom is 0.338 e. The SMILES string of the molecule is CC[Si](CC)(CC)O[C@H]1C[C@H]2OC[C@@]2(OC(C)=O)[C@H]2[C@H](OC(=O)c3ccccc3)[C@]3(O)C[C@H](O)C(C)=C([C@@H](OC(=O)CC(C)(C)C)C(=O)[C@]12C)C3(C)C. The van der Waals surface area contributed by atoms with Gasteiger partial charge < -0.3 is 33.6 Å². The lowest BCUT2D eigenvalue weighted by Gasteiger charge is -2.68. The van der Waals surface area contributed by atoms with E-state index in [0.717, 1.165) is 18.1 Å². The lowest BCUT2D eigenvalue weighted by molar-refractivity contribution is -0.344. The smallest absolute Gasteiger partial charge is 0.338 e. The topological polar surface area (TPSA) is 155 Å². The third-order valence-electron chi connectivity index (χ3n) is 13.1. The standard InChI is InChI=1S/C41H60O11Si/c1-12-53(13-2,14-3)52-28-20-29-40(23-48-29,51-25(5)42)33-35(50-36(46)26-18-16-15-17-19-26)41(47)21-27(43)24(4)31(38(41,9)10)32(34(45)39(28,33)11)49-30(44)22-37(6,7)8/h15-19,27-29,32-33,35,43,47H,12-14,20-23H2,1-11H3/t27-,28-,29+,32+,33-,35-,39+,40-,41+/m0/s1. The summed E-state index contributed by atoms with van der Waals surface area (Å²) in [4.78, 5) is 57.2. The van der Waals surface area contributed by atoms with Crippen molar-refractivity contribution in [1.29, 1.82) is 0 Å². The summed E-state index contributed by atoms with van der Waals surface area (Å²) in [6, 6.07) is 10.6. The highest BCUT2D eigenvalue weighted by Crippen LogP contribution is 2.65. The van der Waals surface area contributed by atoms with E-state index >= 15 is 4.79 Å². The Kier molecular flexibility index (Phi) is 11.1. The second-order valence-electron chi connectivity index (χ2n) is 17.7. The molecule has 0 aromatic heterocycles. The highest BCUT2D eigenvalue weighted by molar-refractivity contribution is 6.73. The van der Waals surface area contributed by atoms with Gasteiger partial charge in [-0.25, -0.2) is 4.79 Å². The molecule has 3 aliphatic carbocycles. The van der Waals surface area contributed by atoms with Crippen LogP contribution >= 0.6 is 0 Å². The van der Waals surface area contributed by atoms with Crippen molar-refractivity contribution in [3.05, 3.63) is 47.0 Å². The van der Waals surface area contributed by atoms with Gasteiger partial charge in [-0.1, -0.05) is 73.6 Å². The maximum absolute atomic E-state index is 16.0. The molecule has 0 radical (unpaired) electrons. The van der Waals surface area contributed by atoms with E-state index in [1.807, 2.05) is 20.8 Å². The van der Waals surface area contributed by atoms with Crippen LogP contribution in [0, 0.1) is 22.2 Å². The van der Waals surface area contributed by atoms with Crippen LogP contribution in [0.4, 0.5) is 0 Å². The van der Waals surface area contributed by atoms with Crippen molar-refractivity contribution in [2.45, 2.75) is 155 Å². The van der Waals surface area contributed by atoms with Gasteiger partial charge in [-0.2, -0.15) is 0 Å². The number of hydrogen-bond donors (Lipinski definition) is 2. The van der Waals surface area contributed by atoms with Crippen molar-refractivity contribution in [1.82, 2.24) is 0 Å². The monoisotopic (exact) mass is 756 g/mol. The average molecular weight is 757 g/mol. The molecule has 294 valence electrons. The third-order valence-corrected chi connectivity index (χ3v) is 17.8. The summed E-state index contributed by atoms with van der Waals surface area (Å²) >= 11 is 0. The molecular formula is C41H60O11Si. The van der Waals surface area contributed by atoms with Crippen molar-refractivity contribution in [2.75, 3.05) is 6.61 Å². The Hall–Kier alpha value is -2.90. The highest BCUT2D eigenvalue weighted by atomic mass is 28.4. The van der Waals surface area contributed by atoms with Crippen LogP contribution in [0.1, 0.15) is 106 Å². The van der Waals surface area contributed by atoms with Crippen molar-refractivity contribution in [3.8, 4) is 0 Å². The predicted molar refractivity (Wildman–Crippen MR) is 199 cm³/mol. The van der Waals surface area contributed by atoms with Crippen LogP contribution in [0.2, 0.25) is 18.1 Å². The zero-order valence-electron chi connectivity index (χ0n) is 33.4. The number of hydrogen-bond acceptors (Lipinski definition) is 11. The number of ketones is 1. The van der Waals surface area contributed by atoms with Gasteiger partial charge >= 0.3 is 17.9 Å². The van der Waals surface area contributed by atoms with Crippen LogP contribution in [0.3, 0.4) is 0 Å². The molecule has 0 amide bonds. The number of Topliss-reactive ketones (excluding diaryl/α,β-unsaturated/α-hetero) is 1. The highest BCUT2D eigenvalue weighted by Gasteiger charge is 2.78. The minimum atomic E-state index is -2.51. The molecule has 0 unspecified atom stereocenters. The van der Waals surface area contributed by atoms with Crippen molar-refractivity contribution in [2.24, 2.45) is 22.2 Å². The molecule has 53 heavy (non-hydrogen) atoms. The molecule has 1 aromatic carbocycles. The quantitative estimate of drug-likeness (QED) is 0.123. The minimum Gasteiger partial charge on any atom is -0.455 e. The first-order valence-electron chi connectivity index (χ1n) is 19.2. The van der Waals surface area contributed by atoms with E-state index in [0.29, 0.717) is 5.57 Å². The number of aliphatic hydroxyl groups is 2. The van der Waals surface area contributed by atoms with Crippen molar-refractivity contribution < 1.29 is 52.8 Å². The lowest BCUT2D eigenvalue weighted by Crippen LogP contribution is -2.82. The summed E-state index contributed by atoms with van der Waals surface area (Å²) in [5, 5.41) is 25.2. The van der Waals surface area contributed by atoms with Gasteiger partial charge in [0.1, 0.15) is 17.8 Å². The fraction of sp³-hybridized carbons (Fsp3) is 0.707. The first-order valence-corrected chi connectivity index (χ1v) is 21.7. The van der Waals surface area contributed by atoms with Gasteiger partial charge in [0.15, 0.2) is 25.8 Å². The summed E-state index contributed by atoms with van der Waals surface area (Å²) in [6.07, 6.45) is -6.12. The number of ether oxygens (including phenoxy) is 4. The number of carbonyl (C=O) groups is 4. The van der Waals surface area contributed by atoms with Gasteiger partial charge in [-0.15, -0.1) is 0 Å². The van der Waals surface area contributed by atoms with Gasteiger partial charge in [0, 0.05) is 25.2 Å². The molecule has 9 atom stereocenters. The number of fused-ring (bicyclic) bond motifs is 5. The van der Waals surface area contributed by atoms with Gasteiger partial charge in [0.25, 0.3) is 0 Å². The van der Waals surface area contributed by atoms with E-state index in [1.165, 1.54) is 6.92 Å². The maximum atomic E-state index is 16.0. The summed E-state index contributed by atoms with van der Waals surface area (Å²) in [5.74, 6) is -3.80. The molecule has 1 aromatic rings. The first-order chi connectivity index (χ1) is 24.6. The van der Waals surface area contributed by atoms with E-state index < -0.39 is 95.9 Å². The van der Waals surface area contributed by atoms with Crippen LogP contribution < -0.4 is 0 Å². The molecule has 1 aliphatic heterocycles. The fourth-order valence-corrected chi connectivity index (χ4v) is 12.7. The van der Waals surface area contributed by atoms with Crippen LogP contribution in [0.15, 0.2) is 41.5 Å².